The molecule has 0 saturated heterocycles. The molecule has 0 aliphatic heterocycles. The van der Waals surface area contributed by atoms with Gasteiger partial charge >= 0.3 is 0 Å². The van der Waals surface area contributed by atoms with Gasteiger partial charge in [-0.15, -0.1) is 0 Å². The van der Waals surface area contributed by atoms with Gasteiger partial charge in [0, 0.05) is 0 Å². The van der Waals surface area contributed by atoms with Crippen LogP contribution in [0.3, 0.4) is 0 Å². The minimum atomic E-state index is 1.20. The Balaban J connectivity index is 1.83. The summed E-state index contributed by atoms with van der Waals surface area (Å²) in [7, 11) is 0. The van der Waals surface area contributed by atoms with Crippen LogP contribution in [0.5, 0.6) is 0 Å². The lowest BCUT2D eigenvalue weighted by atomic mass is 9.41. The van der Waals surface area contributed by atoms with Gasteiger partial charge in [0.05, 0.1) is 0 Å². The summed E-state index contributed by atoms with van der Waals surface area (Å²) in [6.45, 7) is 0. The van der Waals surface area contributed by atoms with Gasteiger partial charge < -0.3 is 0 Å². The van der Waals surface area contributed by atoms with Crippen LogP contribution in [0.1, 0.15) is 38.5 Å². The summed E-state index contributed by atoms with van der Waals surface area (Å²) in [6, 6.07) is 0. The Morgan fingerprint density at radius 1 is 0.500 bits per heavy atom. The summed E-state index contributed by atoms with van der Waals surface area (Å²) >= 11 is 0. The molecule has 66 valence electrons. The molecule has 6 unspecified atom stereocenters. The van der Waals surface area contributed by atoms with Crippen LogP contribution in [0.15, 0.2) is 0 Å². The first-order valence-electron chi connectivity index (χ1n) is 5.93. The van der Waals surface area contributed by atoms with Crippen LogP contribution in [-0.2, 0) is 0 Å². The van der Waals surface area contributed by atoms with Crippen molar-refractivity contribution in [2.45, 2.75) is 38.5 Å². The average Bonchev–Trinajstić information content (AvgIpc) is 2.19. The molecule has 0 heterocycles. The van der Waals surface area contributed by atoms with Gasteiger partial charge in [0.2, 0.25) is 0 Å². The Morgan fingerprint density at radius 3 is 1.42 bits per heavy atom. The molecule has 0 N–H and O–H groups in total. The number of hydrogen-bond acceptors (Lipinski definition) is 0. The monoisotopic (exact) mass is 162 g/mol. The van der Waals surface area contributed by atoms with E-state index in [0.29, 0.717) is 0 Å². The lowest BCUT2D eigenvalue weighted by Crippen LogP contribution is -2.56. The second-order valence-electron chi connectivity index (χ2n) is 5.80. The lowest BCUT2D eigenvalue weighted by Gasteiger charge is -2.64. The Kier molecular flexibility index (Phi) is 1.03. The molecule has 0 nitrogen and oxygen atoms in total. The zero-order chi connectivity index (χ0) is 7.71. The van der Waals surface area contributed by atoms with E-state index in [4.69, 9.17) is 0 Å². The lowest BCUT2D eigenvalue weighted by molar-refractivity contribution is -0.148. The Morgan fingerprint density at radius 2 is 1.00 bits per heavy atom. The third-order valence-electron chi connectivity index (χ3n) is 5.75. The van der Waals surface area contributed by atoms with Gasteiger partial charge in [0.25, 0.3) is 0 Å². The number of hydrogen-bond donors (Lipinski definition) is 0. The summed E-state index contributed by atoms with van der Waals surface area (Å²) < 4.78 is 0. The molecule has 0 amide bonds. The molecule has 7 aliphatic carbocycles. The maximum absolute atomic E-state index is 1.65. The van der Waals surface area contributed by atoms with Crippen LogP contribution in [-0.4, -0.2) is 0 Å². The van der Waals surface area contributed by atoms with E-state index in [1.165, 1.54) is 35.5 Å². The van der Waals surface area contributed by atoms with Crippen LogP contribution in [0.4, 0.5) is 0 Å². The molecule has 0 aromatic rings. The molecule has 0 aromatic carbocycles. The normalized spacial score (nSPS) is 66.0. The molecule has 0 heteroatoms. The van der Waals surface area contributed by atoms with Crippen molar-refractivity contribution >= 4 is 0 Å². The Labute approximate surface area is 74.7 Å². The van der Waals surface area contributed by atoms with E-state index in [0.717, 1.165) is 0 Å². The Bertz CT molecular complexity index is 192. The molecule has 7 aliphatic rings. The van der Waals surface area contributed by atoms with E-state index >= 15 is 0 Å². The maximum Gasteiger partial charge on any atom is -0.0352 e. The molecule has 6 bridgehead atoms. The summed E-state index contributed by atoms with van der Waals surface area (Å²) in [5, 5.41) is 0. The van der Waals surface area contributed by atoms with Gasteiger partial charge in [0.1, 0.15) is 0 Å². The van der Waals surface area contributed by atoms with Crippen molar-refractivity contribution in [3.05, 3.63) is 0 Å². The minimum Gasteiger partial charge on any atom is -0.0499 e. The molecule has 7 rings (SSSR count). The zero-order valence-corrected chi connectivity index (χ0v) is 7.71. The molecule has 0 aromatic heterocycles. The van der Waals surface area contributed by atoms with Gasteiger partial charge in [-0.2, -0.15) is 0 Å². The van der Waals surface area contributed by atoms with Crippen LogP contribution in [0.2, 0.25) is 0 Å². The highest BCUT2D eigenvalue weighted by molar-refractivity contribution is 5.07. The van der Waals surface area contributed by atoms with Gasteiger partial charge in [-0.1, -0.05) is 0 Å². The van der Waals surface area contributed by atoms with Crippen molar-refractivity contribution < 1.29 is 0 Å². The minimum absolute atomic E-state index is 1.20. The van der Waals surface area contributed by atoms with E-state index < -0.39 is 0 Å². The second kappa shape index (κ2) is 1.91. The zero-order valence-electron chi connectivity index (χ0n) is 7.71. The van der Waals surface area contributed by atoms with Gasteiger partial charge in [-0.25, -0.2) is 0 Å². The van der Waals surface area contributed by atoms with Crippen molar-refractivity contribution in [2.75, 3.05) is 0 Å². The molecule has 6 atom stereocenters. The highest BCUT2D eigenvalue weighted by Crippen LogP contribution is 2.66. The van der Waals surface area contributed by atoms with Gasteiger partial charge in [0.15, 0.2) is 0 Å². The molecular formula is C12H18. The fraction of sp³-hybridized carbons (Fsp3) is 1.00. The summed E-state index contributed by atoms with van der Waals surface area (Å²) in [5.74, 6) is 7.25. The highest BCUT2D eigenvalue weighted by Gasteiger charge is 2.57. The van der Waals surface area contributed by atoms with Crippen molar-refractivity contribution in [1.82, 2.24) is 0 Å². The van der Waals surface area contributed by atoms with E-state index in [1.54, 1.807) is 38.5 Å². The average molecular weight is 162 g/mol. The SMILES string of the molecule is C1CC2C3CC1C1CC3CCC12. The first-order chi connectivity index (χ1) is 5.93. The predicted octanol–water partition coefficient (Wildman–Crippen LogP) is 3.08. The topological polar surface area (TPSA) is 0 Å². The van der Waals surface area contributed by atoms with E-state index in [-0.39, 0.29) is 0 Å². The molecule has 7 fully saturated rings. The standard InChI is InChI=1S/C12H18/c1-3-9-10-4-2-8-6-11(10)7(1)5-12(8)9/h7-12H,1-6H2. The van der Waals surface area contributed by atoms with Crippen molar-refractivity contribution in [3.8, 4) is 0 Å². The van der Waals surface area contributed by atoms with Gasteiger partial charge in [-0.3, -0.25) is 0 Å². The molecule has 7 saturated carbocycles. The summed E-state index contributed by atoms with van der Waals surface area (Å²) in [5.41, 5.74) is 0. The summed E-state index contributed by atoms with van der Waals surface area (Å²) in [6.07, 6.45) is 9.75. The van der Waals surface area contributed by atoms with Crippen LogP contribution >= 0.6 is 0 Å². The van der Waals surface area contributed by atoms with E-state index in [1.807, 2.05) is 0 Å². The summed E-state index contributed by atoms with van der Waals surface area (Å²) in [4.78, 5) is 0. The third kappa shape index (κ3) is 0.561. The van der Waals surface area contributed by atoms with E-state index in [2.05, 4.69) is 0 Å². The predicted molar refractivity (Wildman–Crippen MR) is 48.6 cm³/mol. The van der Waals surface area contributed by atoms with Crippen LogP contribution in [0.25, 0.3) is 0 Å². The second-order valence-corrected chi connectivity index (χ2v) is 5.80. The smallest absolute Gasteiger partial charge is 0.0352 e. The fourth-order valence-corrected chi connectivity index (χ4v) is 5.45. The van der Waals surface area contributed by atoms with Crippen LogP contribution < -0.4 is 0 Å². The van der Waals surface area contributed by atoms with Crippen LogP contribution in [0, 0.1) is 35.5 Å². The number of fused-ring (bicyclic) bond motifs is 2. The molecule has 0 radical (unpaired) electrons. The van der Waals surface area contributed by atoms with Crippen molar-refractivity contribution in [2.24, 2.45) is 35.5 Å². The fourth-order valence-electron chi connectivity index (χ4n) is 5.45. The molecule has 12 heavy (non-hydrogen) atoms. The molecular weight excluding hydrogens is 144 g/mol. The third-order valence-corrected chi connectivity index (χ3v) is 5.75. The van der Waals surface area contributed by atoms with E-state index in [9.17, 15) is 0 Å². The quantitative estimate of drug-likeness (QED) is 0.513. The maximum atomic E-state index is 1.65. The Hall–Kier alpha value is 0. The number of rotatable bonds is 0. The largest absolute Gasteiger partial charge is 0.0499 e. The van der Waals surface area contributed by atoms with Crippen molar-refractivity contribution in [3.63, 3.8) is 0 Å². The highest BCUT2D eigenvalue weighted by atomic mass is 14.6. The van der Waals surface area contributed by atoms with Gasteiger partial charge in [-0.05, 0) is 74.0 Å². The molecule has 0 spiro atoms. The van der Waals surface area contributed by atoms with Crippen molar-refractivity contribution in [1.29, 1.82) is 0 Å². The first-order valence-corrected chi connectivity index (χ1v) is 5.93. The first kappa shape index (κ1) is 6.45.